The van der Waals surface area contributed by atoms with Crippen LogP contribution in [0.3, 0.4) is 0 Å². The van der Waals surface area contributed by atoms with Crippen LogP contribution in [0.1, 0.15) is 12.0 Å². The maximum Gasteiger partial charge on any atom is 0.216 e. The minimum atomic E-state index is -3.25. The standard InChI is InChI=1S/C15H23NO4S/c1-16(2)21(17,18)15-8-9-20-11-13(15)10-12-4-6-14(19-3)7-5-12/h4-7,13,15H,8-11H2,1-3H3/t13-,15-/m0/s1. The highest BCUT2D eigenvalue weighted by molar-refractivity contribution is 7.89. The minimum absolute atomic E-state index is 0.0143. The Kier molecular flexibility index (Phi) is 5.24. The second-order valence-electron chi connectivity index (χ2n) is 5.54. The zero-order valence-electron chi connectivity index (χ0n) is 12.8. The summed E-state index contributed by atoms with van der Waals surface area (Å²) in [5, 5.41) is -0.372. The fourth-order valence-corrected chi connectivity index (χ4v) is 4.29. The van der Waals surface area contributed by atoms with Gasteiger partial charge in [-0.05, 0) is 30.5 Å². The van der Waals surface area contributed by atoms with Crippen molar-refractivity contribution in [3.8, 4) is 5.75 Å². The van der Waals surface area contributed by atoms with Crippen LogP contribution in [-0.4, -0.2) is 52.4 Å². The van der Waals surface area contributed by atoms with E-state index >= 15 is 0 Å². The predicted octanol–water partition coefficient (Wildman–Crippen LogP) is 1.53. The van der Waals surface area contributed by atoms with Crippen molar-refractivity contribution in [3.63, 3.8) is 0 Å². The van der Waals surface area contributed by atoms with Crippen molar-refractivity contribution in [2.24, 2.45) is 5.92 Å². The zero-order chi connectivity index (χ0) is 15.5. The smallest absolute Gasteiger partial charge is 0.216 e. The molecular weight excluding hydrogens is 290 g/mol. The Morgan fingerprint density at radius 2 is 1.95 bits per heavy atom. The summed E-state index contributed by atoms with van der Waals surface area (Å²) in [6.45, 7) is 1.00. The first-order valence-corrected chi connectivity index (χ1v) is 8.57. The molecule has 0 aromatic heterocycles. The topological polar surface area (TPSA) is 55.8 Å². The van der Waals surface area contributed by atoms with Crippen molar-refractivity contribution in [1.29, 1.82) is 0 Å². The number of hydrogen-bond acceptors (Lipinski definition) is 4. The second kappa shape index (κ2) is 6.77. The molecule has 2 rings (SSSR count). The summed E-state index contributed by atoms with van der Waals surface area (Å²) in [5.74, 6) is 0.788. The molecule has 0 unspecified atom stereocenters. The molecule has 1 aromatic rings. The molecule has 6 heteroatoms. The fraction of sp³-hybridized carbons (Fsp3) is 0.600. The van der Waals surface area contributed by atoms with Crippen LogP contribution in [0.5, 0.6) is 5.75 Å². The van der Waals surface area contributed by atoms with Gasteiger partial charge in [-0.1, -0.05) is 12.1 Å². The molecule has 2 atom stereocenters. The third-order valence-corrected chi connectivity index (χ3v) is 6.36. The molecule has 0 N–H and O–H groups in total. The Bertz CT molecular complexity index is 554. The van der Waals surface area contributed by atoms with Crippen LogP contribution in [0.2, 0.25) is 0 Å². The van der Waals surface area contributed by atoms with Gasteiger partial charge in [0.05, 0.1) is 19.0 Å². The summed E-state index contributed by atoms with van der Waals surface area (Å²) in [5.41, 5.74) is 1.10. The summed E-state index contributed by atoms with van der Waals surface area (Å²) in [7, 11) is 1.56. The summed E-state index contributed by atoms with van der Waals surface area (Å²) in [4.78, 5) is 0. The first-order valence-electron chi connectivity index (χ1n) is 7.07. The van der Waals surface area contributed by atoms with E-state index in [4.69, 9.17) is 9.47 Å². The molecular formula is C15H23NO4S. The van der Waals surface area contributed by atoms with E-state index in [0.29, 0.717) is 26.1 Å². The van der Waals surface area contributed by atoms with Crippen LogP contribution in [0, 0.1) is 5.92 Å². The number of rotatable bonds is 5. The van der Waals surface area contributed by atoms with Crippen LogP contribution in [-0.2, 0) is 21.2 Å². The lowest BCUT2D eigenvalue weighted by molar-refractivity contribution is 0.0563. The zero-order valence-corrected chi connectivity index (χ0v) is 13.6. The third-order valence-electron chi connectivity index (χ3n) is 3.95. The van der Waals surface area contributed by atoms with E-state index in [1.807, 2.05) is 24.3 Å². The largest absolute Gasteiger partial charge is 0.497 e. The number of nitrogens with zero attached hydrogens (tertiary/aromatic N) is 1. The molecule has 0 amide bonds. The van der Waals surface area contributed by atoms with Crippen molar-refractivity contribution >= 4 is 10.0 Å². The Labute approximate surface area is 126 Å². The molecule has 1 aliphatic heterocycles. The van der Waals surface area contributed by atoms with E-state index < -0.39 is 10.0 Å². The van der Waals surface area contributed by atoms with Gasteiger partial charge >= 0.3 is 0 Å². The number of hydrogen-bond donors (Lipinski definition) is 0. The second-order valence-corrected chi connectivity index (χ2v) is 7.91. The quantitative estimate of drug-likeness (QED) is 0.827. The van der Waals surface area contributed by atoms with Gasteiger partial charge in [0, 0.05) is 26.6 Å². The van der Waals surface area contributed by atoms with Crippen LogP contribution in [0.15, 0.2) is 24.3 Å². The van der Waals surface area contributed by atoms with Gasteiger partial charge < -0.3 is 9.47 Å². The minimum Gasteiger partial charge on any atom is -0.497 e. The Balaban J connectivity index is 2.15. The lowest BCUT2D eigenvalue weighted by atomic mass is 9.93. The van der Waals surface area contributed by atoms with Crippen molar-refractivity contribution in [2.45, 2.75) is 18.1 Å². The molecule has 1 aromatic carbocycles. The number of sulfonamides is 1. The van der Waals surface area contributed by atoms with Gasteiger partial charge in [-0.2, -0.15) is 0 Å². The monoisotopic (exact) mass is 313 g/mol. The fourth-order valence-electron chi connectivity index (χ4n) is 2.69. The van der Waals surface area contributed by atoms with Gasteiger partial charge in [0.1, 0.15) is 5.75 Å². The van der Waals surface area contributed by atoms with Crippen molar-refractivity contribution in [3.05, 3.63) is 29.8 Å². The molecule has 118 valence electrons. The third kappa shape index (κ3) is 3.75. The average molecular weight is 313 g/mol. The molecule has 0 aliphatic carbocycles. The van der Waals surface area contributed by atoms with Crippen molar-refractivity contribution in [2.75, 3.05) is 34.4 Å². The molecule has 5 nitrogen and oxygen atoms in total. The van der Waals surface area contributed by atoms with Crippen LogP contribution in [0.4, 0.5) is 0 Å². The molecule has 0 bridgehead atoms. The van der Waals surface area contributed by atoms with Crippen LogP contribution < -0.4 is 4.74 Å². The van der Waals surface area contributed by atoms with Gasteiger partial charge in [-0.3, -0.25) is 0 Å². The average Bonchev–Trinajstić information content (AvgIpc) is 2.48. The molecule has 21 heavy (non-hydrogen) atoms. The molecule has 1 saturated heterocycles. The molecule has 1 aliphatic rings. The van der Waals surface area contributed by atoms with Gasteiger partial charge in [0.2, 0.25) is 10.0 Å². The summed E-state index contributed by atoms with van der Waals surface area (Å²) >= 11 is 0. The Morgan fingerprint density at radius 3 is 2.52 bits per heavy atom. The first-order chi connectivity index (χ1) is 9.95. The summed E-state index contributed by atoms with van der Waals surface area (Å²) in [6.07, 6.45) is 1.25. The highest BCUT2D eigenvalue weighted by Crippen LogP contribution is 2.27. The normalized spacial score (nSPS) is 23.2. The van der Waals surface area contributed by atoms with Gasteiger partial charge in [0.25, 0.3) is 0 Å². The summed E-state index contributed by atoms with van der Waals surface area (Å²) in [6, 6.07) is 7.75. The maximum absolute atomic E-state index is 12.4. The van der Waals surface area contributed by atoms with Crippen molar-refractivity contribution < 1.29 is 17.9 Å². The van der Waals surface area contributed by atoms with E-state index in [1.54, 1.807) is 21.2 Å². The van der Waals surface area contributed by atoms with Gasteiger partial charge in [-0.15, -0.1) is 0 Å². The van der Waals surface area contributed by atoms with Crippen LogP contribution in [0.25, 0.3) is 0 Å². The Hall–Kier alpha value is -1.11. The van der Waals surface area contributed by atoms with Crippen molar-refractivity contribution in [1.82, 2.24) is 4.31 Å². The SMILES string of the molecule is COc1ccc(C[C@H]2COCC[C@@H]2S(=O)(=O)N(C)C)cc1. The van der Waals surface area contributed by atoms with Gasteiger partial charge in [0.15, 0.2) is 0 Å². The summed E-state index contributed by atoms with van der Waals surface area (Å²) < 4.78 is 36.8. The number of ether oxygens (including phenoxy) is 2. The lowest BCUT2D eigenvalue weighted by Gasteiger charge is -2.33. The van der Waals surface area contributed by atoms with E-state index in [0.717, 1.165) is 11.3 Å². The lowest BCUT2D eigenvalue weighted by Crippen LogP contribution is -2.44. The number of benzene rings is 1. The molecule has 0 saturated carbocycles. The molecule has 1 heterocycles. The van der Waals surface area contributed by atoms with Crippen LogP contribution >= 0.6 is 0 Å². The highest BCUT2D eigenvalue weighted by atomic mass is 32.2. The van der Waals surface area contributed by atoms with E-state index in [9.17, 15) is 8.42 Å². The molecule has 0 spiro atoms. The number of methoxy groups -OCH3 is 1. The van der Waals surface area contributed by atoms with E-state index in [2.05, 4.69) is 0 Å². The van der Waals surface area contributed by atoms with Gasteiger partial charge in [-0.25, -0.2) is 12.7 Å². The molecule has 0 radical (unpaired) electrons. The maximum atomic E-state index is 12.4. The highest BCUT2D eigenvalue weighted by Gasteiger charge is 2.37. The first kappa shape index (κ1) is 16.3. The predicted molar refractivity (Wildman–Crippen MR) is 82.0 cm³/mol. The Morgan fingerprint density at radius 1 is 1.29 bits per heavy atom. The molecule has 1 fully saturated rings. The van der Waals surface area contributed by atoms with E-state index in [1.165, 1.54) is 4.31 Å². The van der Waals surface area contributed by atoms with E-state index in [-0.39, 0.29) is 11.2 Å².